The molecule has 0 amide bonds. The van der Waals surface area contributed by atoms with E-state index in [1.165, 1.54) is 12.1 Å². The first-order chi connectivity index (χ1) is 9.60. The van der Waals surface area contributed by atoms with Gasteiger partial charge in [-0.05, 0) is 18.4 Å². The van der Waals surface area contributed by atoms with Gasteiger partial charge < -0.3 is 5.11 Å². The fourth-order valence-electron chi connectivity index (χ4n) is 1.94. The summed E-state index contributed by atoms with van der Waals surface area (Å²) >= 11 is 0. The van der Waals surface area contributed by atoms with Crippen molar-refractivity contribution in [3.05, 3.63) is 57.9 Å². The van der Waals surface area contributed by atoms with E-state index in [0.717, 1.165) is 17.5 Å². The molecule has 2 aromatic rings. The predicted octanol–water partition coefficient (Wildman–Crippen LogP) is 2.48. The van der Waals surface area contributed by atoms with E-state index in [0.29, 0.717) is 13.0 Å². The van der Waals surface area contributed by atoms with Crippen LogP contribution in [-0.4, -0.2) is 19.8 Å². The highest BCUT2D eigenvalue weighted by atomic mass is 16.6. The molecule has 1 heterocycles. The monoisotopic (exact) mass is 275 g/mol. The van der Waals surface area contributed by atoms with Crippen molar-refractivity contribution in [1.82, 2.24) is 9.78 Å². The third kappa shape index (κ3) is 3.42. The van der Waals surface area contributed by atoms with Crippen molar-refractivity contribution in [1.29, 1.82) is 0 Å². The van der Waals surface area contributed by atoms with Gasteiger partial charge in [-0.3, -0.25) is 14.8 Å². The molecule has 0 aliphatic rings. The summed E-state index contributed by atoms with van der Waals surface area (Å²) < 4.78 is 1.77. The number of aliphatic hydroxyl groups excluding tert-OH is 1. The van der Waals surface area contributed by atoms with Gasteiger partial charge >= 0.3 is 0 Å². The molecule has 106 valence electrons. The fourth-order valence-corrected chi connectivity index (χ4v) is 1.94. The Bertz CT molecular complexity index is 578. The van der Waals surface area contributed by atoms with Crippen LogP contribution in [0.4, 0.5) is 5.69 Å². The maximum Gasteiger partial charge on any atom is 0.269 e. The van der Waals surface area contributed by atoms with Crippen LogP contribution in [0.5, 0.6) is 0 Å². The second-order valence-corrected chi connectivity index (χ2v) is 4.63. The minimum absolute atomic E-state index is 0.0983. The molecule has 0 aliphatic carbocycles. The van der Waals surface area contributed by atoms with Gasteiger partial charge in [0.15, 0.2) is 0 Å². The highest BCUT2D eigenvalue weighted by Gasteiger charge is 2.08. The van der Waals surface area contributed by atoms with E-state index in [-0.39, 0.29) is 5.69 Å². The number of hydrogen-bond donors (Lipinski definition) is 1. The number of aromatic nitrogens is 2. The number of benzene rings is 1. The lowest BCUT2D eigenvalue weighted by Gasteiger charge is -2.04. The largest absolute Gasteiger partial charge is 0.388 e. The number of aliphatic hydroxyl groups is 1. The van der Waals surface area contributed by atoms with Gasteiger partial charge in [-0.25, -0.2) is 0 Å². The Kier molecular flexibility index (Phi) is 4.47. The van der Waals surface area contributed by atoms with Gasteiger partial charge in [-0.1, -0.05) is 19.1 Å². The minimum atomic E-state index is -0.469. The van der Waals surface area contributed by atoms with Crippen molar-refractivity contribution in [3.63, 3.8) is 0 Å². The second-order valence-electron chi connectivity index (χ2n) is 4.63. The standard InChI is InChI=1S/C14H17N3O3/c1-2-14(18)12-9-15-16(10-12)8-7-11-3-5-13(6-4-11)17(19)20/h3-6,9-10,14,18H,2,7-8H2,1H3. The molecule has 6 nitrogen and oxygen atoms in total. The van der Waals surface area contributed by atoms with Crippen molar-refractivity contribution in [2.75, 3.05) is 0 Å². The van der Waals surface area contributed by atoms with Gasteiger partial charge in [0, 0.05) is 30.4 Å². The van der Waals surface area contributed by atoms with Gasteiger partial charge in [-0.15, -0.1) is 0 Å². The van der Waals surface area contributed by atoms with Crippen molar-refractivity contribution in [2.45, 2.75) is 32.4 Å². The average Bonchev–Trinajstić information content (AvgIpc) is 2.93. The number of nitro benzene ring substituents is 1. The summed E-state index contributed by atoms with van der Waals surface area (Å²) in [5.41, 5.74) is 1.93. The molecular formula is C14H17N3O3. The first kappa shape index (κ1) is 14.2. The lowest BCUT2D eigenvalue weighted by atomic mass is 10.1. The molecule has 1 aromatic carbocycles. The predicted molar refractivity (Wildman–Crippen MR) is 74.3 cm³/mol. The van der Waals surface area contributed by atoms with Crippen LogP contribution < -0.4 is 0 Å². The summed E-state index contributed by atoms with van der Waals surface area (Å²) in [6.07, 6.45) is 4.43. The molecule has 0 saturated heterocycles. The molecule has 0 aliphatic heterocycles. The van der Waals surface area contributed by atoms with Crippen molar-refractivity contribution in [3.8, 4) is 0 Å². The zero-order chi connectivity index (χ0) is 14.5. The van der Waals surface area contributed by atoms with E-state index in [4.69, 9.17) is 0 Å². The number of non-ortho nitro benzene ring substituents is 1. The van der Waals surface area contributed by atoms with Gasteiger partial charge in [0.05, 0.1) is 17.2 Å². The van der Waals surface area contributed by atoms with Crippen LogP contribution >= 0.6 is 0 Å². The molecular weight excluding hydrogens is 258 g/mol. The van der Waals surface area contributed by atoms with E-state index >= 15 is 0 Å². The Morgan fingerprint density at radius 2 is 2.10 bits per heavy atom. The zero-order valence-electron chi connectivity index (χ0n) is 11.3. The Labute approximate surface area is 116 Å². The van der Waals surface area contributed by atoms with Gasteiger partial charge in [0.2, 0.25) is 0 Å². The van der Waals surface area contributed by atoms with Gasteiger partial charge in [-0.2, -0.15) is 5.10 Å². The van der Waals surface area contributed by atoms with Crippen LogP contribution in [0.25, 0.3) is 0 Å². The van der Waals surface area contributed by atoms with Crippen LogP contribution in [-0.2, 0) is 13.0 Å². The van der Waals surface area contributed by atoms with Crippen molar-refractivity contribution in [2.24, 2.45) is 0 Å². The number of nitro groups is 1. The first-order valence-electron chi connectivity index (χ1n) is 6.54. The van der Waals surface area contributed by atoms with Crippen molar-refractivity contribution >= 4 is 5.69 Å². The Morgan fingerprint density at radius 3 is 2.70 bits per heavy atom. The molecule has 0 radical (unpaired) electrons. The average molecular weight is 275 g/mol. The molecule has 1 unspecified atom stereocenters. The summed E-state index contributed by atoms with van der Waals surface area (Å²) in [7, 11) is 0. The SMILES string of the molecule is CCC(O)c1cnn(CCc2ccc([N+](=O)[O-])cc2)c1. The van der Waals surface area contributed by atoms with Crippen LogP contribution in [0, 0.1) is 10.1 Å². The summed E-state index contributed by atoms with van der Waals surface area (Å²) in [6, 6.07) is 6.52. The molecule has 1 atom stereocenters. The normalized spacial score (nSPS) is 12.3. The summed E-state index contributed by atoms with van der Waals surface area (Å²) in [5.74, 6) is 0. The van der Waals surface area contributed by atoms with E-state index in [2.05, 4.69) is 5.10 Å². The highest BCUT2D eigenvalue weighted by Crippen LogP contribution is 2.16. The van der Waals surface area contributed by atoms with E-state index in [9.17, 15) is 15.2 Å². The summed E-state index contributed by atoms with van der Waals surface area (Å²) in [6.45, 7) is 2.59. The molecule has 0 fully saturated rings. The zero-order valence-corrected chi connectivity index (χ0v) is 11.3. The lowest BCUT2D eigenvalue weighted by Crippen LogP contribution is -2.02. The van der Waals surface area contributed by atoms with Gasteiger partial charge in [0.25, 0.3) is 5.69 Å². The summed E-state index contributed by atoms with van der Waals surface area (Å²) in [5, 5.41) is 24.4. The minimum Gasteiger partial charge on any atom is -0.388 e. The van der Waals surface area contributed by atoms with Crippen LogP contribution in [0.1, 0.15) is 30.6 Å². The Morgan fingerprint density at radius 1 is 1.40 bits per heavy atom. The van der Waals surface area contributed by atoms with E-state index in [1.807, 2.05) is 13.1 Å². The van der Waals surface area contributed by atoms with E-state index < -0.39 is 11.0 Å². The molecule has 1 aromatic heterocycles. The molecule has 20 heavy (non-hydrogen) atoms. The lowest BCUT2D eigenvalue weighted by molar-refractivity contribution is -0.384. The van der Waals surface area contributed by atoms with Crippen LogP contribution in [0.3, 0.4) is 0 Å². The number of rotatable bonds is 6. The fraction of sp³-hybridized carbons (Fsp3) is 0.357. The second kappa shape index (κ2) is 6.29. The summed E-state index contributed by atoms with van der Waals surface area (Å²) in [4.78, 5) is 10.1. The topological polar surface area (TPSA) is 81.2 Å². The van der Waals surface area contributed by atoms with Gasteiger partial charge in [0.1, 0.15) is 0 Å². The smallest absolute Gasteiger partial charge is 0.269 e. The molecule has 0 spiro atoms. The number of hydrogen-bond acceptors (Lipinski definition) is 4. The van der Waals surface area contributed by atoms with Crippen LogP contribution in [0.2, 0.25) is 0 Å². The van der Waals surface area contributed by atoms with Crippen LogP contribution in [0.15, 0.2) is 36.7 Å². The molecule has 0 bridgehead atoms. The number of nitrogens with zero attached hydrogens (tertiary/aromatic N) is 3. The maximum atomic E-state index is 10.6. The maximum absolute atomic E-state index is 10.6. The molecule has 0 saturated carbocycles. The Balaban J connectivity index is 1.94. The first-order valence-corrected chi connectivity index (χ1v) is 6.54. The quantitative estimate of drug-likeness (QED) is 0.648. The van der Waals surface area contributed by atoms with E-state index in [1.54, 1.807) is 23.0 Å². The third-order valence-electron chi connectivity index (χ3n) is 3.20. The third-order valence-corrected chi connectivity index (χ3v) is 3.20. The molecule has 6 heteroatoms. The molecule has 2 rings (SSSR count). The molecule has 1 N–H and O–H groups in total. The van der Waals surface area contributed by atoms with Crippen molar-refractivity contribution < 1.29 is 10.0 Å². The number of aryl methyl sites for hydroxylation is 2. The highest BCUT2D eigenvalue weighted by molar-refractivity contribution is 5.32. The Hall–Kier alpha value is -2.21.